The van der Waals surface area contributed by atoms with Gasteiger partial charge < -0.3 is 2.85 Å². The van der Waals surface area contributed by atoms with Crippen LogP contribution in [-0.2, 0) is 0 Å². The predicted molar refractivity (Wildman–Crippen MR) is 63.7 cm³/mol. The van der Waals surface area contributed by atoms with Gasteiger partial charge in [0.15, 0.2) is 0 Å². The van der Waals surface area contributed by atoms with Crippen LogP contribution in [0.3, 0.4) is 0 Å². The number of halogens is 1. The summed E-state index contributed by atoms with van der Waals surface area (Å²) in [6, 6.07) is 15.2. The summed E-state index contributed by atoms with van der Waals surface area (Å²) in [5.74, 6) is 0. The van der Waals surface area contributed by atoms with Gasteiger partial charge in [0.05, 0.1) is 0 Å². The third kappa shape index (κ3) is 6.89. The largest absolute Gasteiger partial charge is 2.00 e. The van der Waals surface area contributed by atoms with Crippen LogP contribution in [-0.4, -0.2) is 28.0 Å². The van der Waals surface area contributed by atoms with Crippen LogP contribution in [0.2, 0.25) is 5.02 Å². The minimum Gasteiger partial charge on any atom is -1.00 e. The van der Waals surface area contributed by atoms with Gasteiger partial charge in [-0.05, 0) is 24.3 Å². The fourth-order valence-corrected chi connectivity index (χ4v) is 0.873. The molecule has 0 aliphatic heterocycles. The van der Waals surface area contributed by atoms with Crippen LogP contribution in [0, 0.1) is 0 Å². The van der Waals surface area contributed by atoms with E-state index in [9.17, 15) is 0 Å². The second-order valence-electron chi connectivity index (χ2n) is 2.32. The molecule has 0 amide bonds. The Morgan fingerprint density at radius 3 is 1.57 bits per heavy atom. The molecule has 0 radical (unpaired) electrons. The molecule has 14 heavy (non-hydrogen) atoms. The molecular formula is C11H12ClMgN. The van der Waals surface area contributed by atoms with Gasteiger partial charge in [0, 0.05) is 17.4 Å². The molecule has 0 saturated carbocycles. The number of rotatable bonds is 0. The Kier molecular flexibility index (Phi) is 8.63. The molecule has 70 valence electrons. The van der Waals surface area contributed by atoms with Crippen molar-refractivity contribution < 1.29 is 2.85 Å². The Morgan fingerprint density at radius 1 is 0.857 bits per heavy atom. The Bertz CT molecular complexity index is 294. The van der Waals surface area contributed by atoms with Gasteiger partial charge in [-0.2, -0.15) is 0 Å². The standard InChI is InChI=1S/C6H5Cl.C5H5N.Mg.2H/c7-6-4-2-1-3-5-6;1-2-4-6-5-3-1;;;/h1-5H;1-5H;;;/q;;+2;2*-1. The van der Waals surface area contributed by atoms with Crippen LogP contribution in [0.4, 0.5) is 0 Å². The van der Waals surface area contributed by atoms with Gasteiger partial charge in [0.1, 0.15) is 0 Å². The molecule has 0 spiro atoms. The topological polar surface area (TPSA) is 12.9 Å². The summed E-state index contributed by atoms with van der Waals surface area (Å²) < 4.78 is 0. The van der Waals surface area contributed by atoms with E-state index in [2.05, 4.69) is 4.98 Å². The van der Waals surface area contributed by atoms with E-state index in [1.54, 1.807) is 12.4 Å². The van der Waals surface area contributed by atoms with Crippen molar-refractivity contribution in [3.05, 3.63) is 65.9 Å². The number of nitrogens with zero attached hydrogens (tertiary/aromatic N) is 1. The number of pyridine rings is 1. The fraction of sp³-hybridized carbons (Fsp3) is 0. The van der Waals surface area contributed by atoms with Gasteiger partial charge in [-0.25, -0.2) is 0 Å². The minimum atomic E-state index is 0. The Morgan fingerprint density at radius 2 is 1.36 bits per heavy atom. The first kappa shape index (κ1) is 13.4. The molecular weight excluding hydrogens is 206 g/mol. The second-order valence-corrected chi connectivity index (χ2v) is 2.76. The molecule has 0 aliphatic carbocycles. The summed E-state index contributed by atoms with van der Waals surface area (Å²) >= 11 is 5.54. The van der Waals surface area contributed by atoms with Crippen LogP contribution in [0.1, 0.15) is 2.85 Å². The molecule has 0 N–H and O–H groups in total. The van der Waals surface area contributed by atoms with Crippen molar-refractivity contribution in [3.63, 3.8) is 0 Å². The molecule has 1 aromatic carbocycles. The third-order valence-corrected chi connectivity index (χ3v) is 1.55. The van der Waals surface area contributed by atoms with Crippen LogP contribution < -0.4 is 0 Å². The van der Waals surface area contributed by atoms with Gasteiger partial charge in [-0.15, -0.1) is 0 Å². The van der Waals surface area contributed by atoms with E-state index in [1.807, 2.05) is 48.5 Å². The van der Waals surface area contributed by atoms with E-state index in [-0.39, 0.29) is 25.9 Å². The third-order valence-electron chi connectivity index (χ3n) is 1.30. The molecule has 2 rings (SSSR count). The molecule has 0 atom stereocenters. The maximum absolute atomic E-state index is 5.54. The summed E-state index contributed by atoms with van der Waals surface area (Å²) in [6.45, 7) is 0. The Balaban J connectivity index is -0.000000179. The van der Waals surface area contributed by atoms with Crippen LogP contribution in [0.15, 0.2) is 60.9 Å². The number of hydrogen-bond donors (Lipinski definition) is 0. The first-order valence-electron chi connectivity index (χ1n) is 3.95. The number of hydrogen-bond acceptors (Lipinski definition) is 1. The maximum atomic E-state index is 5.54. The van der Waals surface area contributed by atoms with Crippen molar-refractivity contribution in [3.8, 4) is 0 Å². The van der Waals surface area contributed by atoms with Crippen molar-refractivity contribution in [2.24, 2.45) is 0 Å². The van der Waals surface area contributed by atoms with Gasteiger partial charge in [0.2, 0.25) is 0 Å². The number of aromatic nitrogens is 1. The first-order valence-corrected chi connectivity index (χ1v) is 4.33. The van der Waals surface area contributed by atoms with E-state index in [0.29, 0.717) is 0 Å². The zero-order chi connectivity index (χ0) is 9.36. The molecule has 0 bridgehead atoms. The minimum absolute atomic E-state index is 0. The van der Waals surface area contributed by atoms with E-state index >= 15 is 0 Å². The summed E-state index contributed by atoms with van der Waals surface area (Å²) in [6.07, 6.45) is 3.50. The summed E-state index contributed by atoms with van der Waals surface area (Å²) in [4.78, 5) is 3.78. The maximum Gasteiger partial charge on any atom is 2.00 e. The zero-order valence-corrected chi connectivity index (χ0v) is 9.98. The van der Waals surface area contributed by atoms with Crippen molar-refractivity contribution in [2.45, 2.75) is 0 Å². The van der Waals surface area contributed by atoms with Gasteiger partial charge in [0.25, 0.3) is 0 Å². The van der Waals surface area contributed by atoms with Gasteiger partial charge in [-0.1, -0.05) is 35.9 Å². The van der Waals surface area contributed by atoms with Crippen LogP contribution in [0.25, 0.3) is 0 Å². The Labute approximate surface area is 108 Å². The smallest absolute Gasteiger partial charge is 1.00 e. The fourth-order valence-electron chi connectivity index (χ4n) is 0.727. The normalized spacial score (nSPS) is 7.79. The summed E-state index contributed by atoms with van der Waals surface area (Å²) in [7, 11) is 0. The Hall–Kier alpha value is -0.574. The van der Waals surface area contributed by atoms with E-state index in [1.165, 1.54) is 0 Å². The first-order chi connectivity index (χ1) is 6.39. The molecule has 1 aromatic heterocycles. The summed E-state index contributed by atoms with van der Waals surface area (Å²) in [5.41, 5.74) is 0. The molecule has 3 heteroatoms. The number of benzene rings is 1. The molecule has 0 saturated heterocycles. The SMILES string of the molecule is Clc1ccccc1.[H-].[H-].[Mg+2].c1ccncc1. The predicted octanol–water partition coefficient (Wildman–Crippen LogP) is 3.27. The monoisotopic (exact) mass is 217 g/mol. The second kappa shape index (κ2) is 9.00. The van der Waals surface area contributed by atoms with Crippen molar-refractivity contribution in [1.29, 1.82) is 0 Å². The van der Waals surface area contributed by atoms with Gasteiger partial charge in [-0.3, -0.25) is 4.98 Å². The van der Waals surface area contributed by atoms with Gasteiger partial charge >= 0.3 is 23.1 Å². The molecule has 1 heterocycles. The van der Waals surface area contributed by atoms with Crippen molar-refractivity contribution in [1.82, 2.24) is 4.98 Å². The van der Waals surface area contributed by atoms with E-state index < -0.39 is 0 Å². The quantitative estimate of drug-likeness (QED) is 0.618. The van der Waals surface area contributed by atoms with Crippen LogP contribution in [0.5, 0.6) is 0 Å². The van der Waals surface area contributed by atoms with E-state index in [4.69, 9.17) is 11.6 Å². The van der Waals surface area contributed by atoms with Crippen molar-refractivity contribution >= 4 is 34.7 Å². The molecule has 2 aromatic rings. The average molecular weight is 218 g/mol. The molecule has 1 nitrogen and oxygen atoms in total. The average Bonchev–Trinajstić information content (AvgIpc) is 2.22. The molecule has 0 unspecified atom stereocenters. The molecule has 0 fully saturated rings. The van der Waals surface area contributed by atoms with E-state index in [0.717, 1.165) is 5.02 Å². The summed E-state index contributed by atoms with van der Waals surface area (Å²) in [5, 5.41) is 0.794. The van der Waals surface area contributed by atoms with Crippen LogP contribution >= 0.6 is 11.6 Å². The molecule has 0 aliphatic rings. The van der Waals surface area contributed by atoms with Crippen molar-refractivity contribution in [2.75, 3.05) is 0 Å². The zero-order valence-electron chi connectivity index (χ0n) is 9.81.